The fraction of sp³-hybridized carbons (Fsp3) is 0.467. The summed E-state index contributed by atoms with van der Waals surface area (Å²) >= 11 is 0. The number of ether oxygens (including phenoxy) is 1. The van der Waals surface area contributed by atoms with Crippen molar-refractivity contribution in [3.05, 3.63) is 42.5 Å². The summed E-state index contributed by atoms with van der Waals surface area (Å²) in [4.78, 5) is 0.400. The van der Waals surface area contributed by atoms with Gasteiger partial charge in [0.15, 0.2) is 9.84 Å². The summed E-state index contributed by atoms with van der Waals surface area (Å²) in [7, 11) is -1.73. The molecule has 3 aliphatic carbocycles. The van der Waals surface area contributed by atoms with E-state index in [0.717, 1.165) is 12.8 Å². The monoisotopic (exact) mass is 278 g/mol. The quantitative estimate of drug-likeness (QED) is 0.798. The van der Waals surface area contributed by atoms with Crippen LogP contribution in [0, 0.1) is 5.92 Å². The summed E-state index contributed by atoms with van der Waals surface area (Å²) in [5.74, 6) is 0.375. The Morgan fingerprint density at radius 1 is 1.26 bits per heavy atom. The van der Waals surface area contributed by atoms with Gasteiger partial charge in [0, 0.05) is 7.11 Å². The lowest BCUT2D eigenvalue weighted by atomic mass is 9.72. The summed E-state index contributed by atoms with van der Waals surface area (Å²) < 4.78 is 31.3. The third kappa shape index (κ3) is 1.94. The Morgan fingerprint density at radius 3 is 2.58 bits per heavy atom. The second kappa shape index (κ2) is 4.46. The van der Waals surface area contributed by atoms with Gasteiger partial charge in [-0.15, -0.1) is 0 Å². The van der Waals surface area contributed by atoms with Gasteiger partial charge in [-0.25, -0.2) is 8.42 Å². The molecule has 4 rings (SSSR count). The van der Waals surface area contributed by atoms with Crippen LogP contribution in [0.5, 0.6) is 0 Å². The molecule has 0 radical (unpaired) electrons. The molecule has 0 N–H and O–H groups in total. The van der Waals surface area contributed by atoms with E-state index in [4.69, 9.17) is 4.74 Å². The van der Waals surface area contributed by atoms with E-state index in [9.17, 15) is 8.42 Å². The Hall–Kier alpha value is -1.13. The molecule has 0 aromatic heterocycles. The van der Waals surface area contributed by atoms with Gasteiger partial charge in [-0.2, -0.15) is 0 Å². The molecule has 1 aromatic rings. The van der Waals surface area contributed by atoms with Crippen LogP contribution in [0.15, 0.2) is 47.4 Å². The molecule has 0 heterocycles. The number of hydrogen-bond acceptors (Lipinski definition) is 3. The van der Waals surface area contributed by atoms with Gasteiger partial charge < -0.3 is 4.74 Å². The normalized spacial score (nSPS) is 33.5. The van der Waals surface area contributed by atoms with E-state index < -0.39 is 20.7 Å². The van der Waals surface area contributed by atoms with Crippen LogP contribution in [-0.4, -0.2) is 26.4 Å². The molecule has 1 fully saturated rings. The Bertz CT molecular complexity index is 591. The average Bonchev–Trinajstić information content (AvgIpc) is 2.49. The number of methoxy groups -OCH3 is 1. The van der Waals surface area contributed by atoms with Crippen molar-refractivity contribution >= 4 is 9.84 Å². The predicted octanol–water partition coefficient (Wildman–Crippen LogP) is 2.58. The maximum Gasteiger partial charge on any atom is 0.184 e. The standard InChI is InChI=1S/C15H18O3S/c1-18-15-9-7-12(8-10-15)11-14(15)19(16,17)13-5-3-2-4-6-13/h2-7,9,12,14H,8,10-11H2,1H3/t12-,14-,15-/m0/s1. The first-order valence-electron chi connectivity index (χ1n) is 6.62. The summed E-state index contributed by atoms with van der Waals surface area (Å²) in [6.07, 6.45) is 6.56. The molecule has 19 heavy (non-hydrogen) atoms. The number of rotatable bonds is 3. The Labute approximate surface area is 114 Å². The number of hydrogen-bond donors (Lipinski definition) is 0. The van der Waals surface area contributed by atoms with Crippen LogP contribution < -0.4 is 0 Å². The molecule has 0 aliphatic heterocycles. The van der Waals surface area contributed by atoms with Crippen LogP contribution in [0.3, 0.4) is 0 Å². The zero-order chi connectivity index (χ0) is 13.5. The predicted molar refractivity (Wildman–Crippen MR) is 73.6 cm³/mol. The summed E-state index contributed by atoms with van der Waals surface area (Å²) in [6.45, 7) is 0. The maximum absolute atomic E-state index is 12.8. The molecular formula is C15H18O3S. The minimum absolute atomic E-state index is 0.375. The van der Waals surface area contributed by atoms with Crippen LogP contribution >= 0.6 is 0 Å². The Kier molecular flexibility index (Phi) is 3.02. The molecule has 102 valence electrons. The Morgan fingerprint density at radius 2 is 2.00 bits per heavy atom. The minimum atomic E-state index is -3.34. The SMILES string of the molecule is CO[C@@]12C=C[C@@H](CC1)C[C@@H]2S(=O)(=O)c1ccccc1. The van der Waals surface area contributed by atoms with Gasteiger partial charge in [0.2, 0.25) is 0 Å². The van der Waals surface area contributed by atoms with Crippen LogP contribution in [-0.2, 0) is 14.6 Å². The molecule has 1 saturated carbocycles. The second-order valence-corrected chi connectivity index (χ2v) is 7.53. The zero-order valence-electron chi connectivity index (χ0n) is 11.0. The van der Waals surface area contributed by atoms with E-state index in [1.54, 1.807) is 31.4 Å². The highest BCUT2D eigenvalue weighted by Gasteiger charge is 2.51. The van der Waals surface area contributed by atoms with Crippen LogP contribution in [0.1, 0.15) is 19.3 Å². The fourth-order valence-corrected chi connectivity index (χ4v) is 5.48. The van der Waals surface area contributed by atoms with Gasteiger partial charge in [-0.1, -0.05) is 30.4 Å². The first-order valence-corrected chi connectivity index (χ1v) is 8.16. The summed E-state index contributed by atoms with van der Waals surface area (Å²) in [5.41, 5.74) is -0.635. The lowest BCUT2D eigenvalue weighted by molar-refractivity contribution is -0.0107. The van der Waals surface area contributed by atoms with Crippen LogP contribution in [0.25, 0.3) is 0 Å². The van der Waals surface area contributed by atoms with Gasteiger partial charge in [0.25, 0.3) is 0 Å². The molecule has 3 nitrogen and oxygen atoms in total. The summed E-state index contributed by atoms with van der Waals surface area (Å²) in [6, 6.07) is 8.71. The highest BCUT2D eigenvalue weighted by Crippen LogP contribution is 2.46. The van der Waals surface area contributed by atoms with Gasteiger partial charge in [0.1, 0.15) is 5.60 Å². The lowest BCUT2D eigenvalue weighted by Crippen LogP contribution is -2.53. The number of sulfone groups is 1. The van der Waals surface area contributed by atoms with Crippen molar-refractivity contribution < 1.29 is 13.2 Å². The molecule has 0 unspecified atom stereocenters. The largest absolute Gasteiger partial charge is 0.373 e. The highest BCUT2D eigenvalue weighted by atomic mass is 32.2. The second-order valence-electron chi connectivity index (χ2n) is 5.40. The van der Waals surface area contributed by atoms with E-state index in [1.165, 1.54) is 0 Å². The van der Waals surface area contributed by atoms with Crippen molar-refractivity contribution in [2.75, 3.05) is 7.11 Å². The molecule has 3 aliphatic rings. The van der Waals surface area contributed by atoms with E-state index in [-0.39, 0.29) is 0 Å². The van der Waals surface area contributed by atoms with Crippen molar-refractivity contribution in [1.82, 2.24) is 0 Å². The summed E-state index contributed by atoms with van der Waals surface area (Å²) in [5, 5.41) is -0.462. The lowest BCUT2D eigenvalue weighted by Gasteiger charge is -2.46. The Balaban J connectivity index is 2.05. The first kappa shape index (κ1) is 12.9. The molecule has 1 aromatic carbocycles. The molecule has 3 atom stereocenters. The van der Waals surface area contributed by atoms with E-state index in [0.29, 0.717) is 17.2 Å². The molecule has 0 amide bonds. The fourth-order valence-electron chi connectivity index (χ4n) is 3.29. The van der Waals surface area contributed by atoms with E-state index >= 15 is 0 Å². The van der Waals surface area contributed by atoms with Gasteiger partial charge >= 0.3 is 0 Å². The topological polar surface area (TPSA) is 43.4 Å². The van der Waals surface area contributed by atoms with Crippen molar-refractivity contribution in [3.63, 3.8) is 0 Å². The number of allylic oxidation sites excluding steroid dienone is 1. The van der Waals surface area contributed by atoms with Crippen molar-refractivity contribution in [2.45, 2.75) is 35.0 Å². The van der Waals surface area contributed by atoms with Crippen molar-refractivity contribution in [1.29, 1.82) is 0 Å². The van der Waals surface area contributed by atoms with E-state index in [1.807, 2.05) is 12.1 Å². The van der Waals surface area contributed by atoms with Gasteiger partial charge in [-0.3, -0.25) is 0 Å². The van der Waals surface area contributed by atoms with Crippen LogP contribution in [0.2, 0.25) is 0 Å². The van der Waals surface area contributed by atoms with Gasteiger partial charge in [-0.05, 0) is 37.3 Å². The van der Waals surface area contributed by atoms with Gasteiger partial charge in [0.05, 0.1) is 10.1 Å². The highest BCUT2D eigenvalue weighted by molar-refractivity contribution is 7.92. The number of benzene rings is 1. The molecule has 0 spiro atoms. The molecule has 4 heteroatoms. The minimum Gasteiger partial charge on any atom is -0.373 e. The third-order valence-corrected chi connectivity index (χ3v) is 6.71. The number of fused-ring (bicyclic) bond motifs is 2. The van der Waals surface area contributed by atoms with Crippen molar-refractivity contribution in [2.24, 2.45) is 5.92 Å². The van der Waals surface area contributed by atoms with Crippen LogP contribution in [0.4, 0.5) is 0 Å². The average molecular weight is 278 g/mol. The molecular weight excluding hydrogens is 260 g/mol. The van der Waals surface area contributed by atoms with E-state index in [2.05, 4.69) is 6.08 Å². The maximum atomic E-state index is 12.8. The van der Waals surface area contributed by atoms with Crippen molar-refractivity contribution in [3.8, 4) is 0 Å². The first-order chi connectivity index (χ1) is 9.08. The molecule has 0 saturated heterocycles. The zero-order valence-corrected chi connectivity index (χ0v) is 11.8. The third-order valence-electron chi connectivity index (χ3n) is 4.44. The smallest absolute Gasteiger partial charge is 0.184 e. The molecule has 2 bridgehead atoms.